The molecule has 0 fully saturated rings. The van der Waals surface area contributed by atoms with Crippen LogP contribution in [0.5, 0.6) is 0 Å². The summed E-state index contributed by atoms with van der Waals surface area (Å²) in [5.41, 5.74) is 5.40. The van der Waals surface area contributed by atoms with Crippen LogP contribution in [0, 0.1) is 13.8 Å². The molecule has 2 amide bonds. The SMILES string of the molecule is Cc1ccc(C(=O)Nc2cnn(-c3ccc(C(=O)NCCc4cnccn4)cc3)c2)c(C)c1. The molecule has 8 heteroatoms. The second-order valence-electron chi connectivity index (χ2n) is 7.70. The summed E-state index contributed by atoms with van der Waals surface area (Å²) < 4.78 is 1.65. The molecule has 4 rings (SSSR count). The van der Waals surface area contributed by atoms with E-state index in [0.29, 0.717) is 29.8 Å². The first-order valence-electron chi connectivity index (χ1n) is 10.6. The van der Waals surface area contributed by atoms with Crippen molar-refractivity contribution in [1.82, 2.24) is 25.1 Å². The van der Waals surface area contributed by atoms with E-state index < -0.39 is 0 Å². The highest BCUT2D eigenvalue weighted by Crippen LogP contribution is 2.16. The monoisotopic (exact) mass is 440 g/mol. The topological polar surface area (TPSA) is 102 Å². The summed E-state index contributed by atoms with van der Waals surface area (Å²) in [5.74, 6) is -0.340. The van der Waals surface area contributed by atoms with Gasteiger partial charge in [0.1, 0.15) is 0 Å². The molecule has 0 bridgehead atoms. The molecule has 0 aliphatic carbocycles. The molecular formula is C25H24N6O2. The number of rotatable bonds is 7. The number of nitrogens with zero attached hydrogens (tertiary/aromatic N) is 4. The smallest absolute Gasteiger partial charge is 0.256 e. The highest BCUT2D eigenvalue weighted by molar-refractivity contribution is 6.05. The molecule has 2 aromatic heterocycles. The summed E-state index contributed by atoms with van der Waals surface area (Å²) in [7, 11) is 0. The number of amides is 2. The van der Waals surface area contributed by atoms with Gasteiger partial charge in [0, 0.05) is 42.7 Å². The van der Waals surface area contributed by atoms with Crippen molar-refractivity contribution in [2.24, 2.45) is 0 Å². The van der Waals surface area contributed by atoms with E-state index in [9.17, 15) is 9.59 Å². The Morgan fingerprint density at radius 1 is 0.970 bits per heavy atom. The molecular weight excluding hydrogens is 416 g/mol. The fourth-order valence-corrected chi connectivity index (χ4v) is 3.43. The predicted octanol–water partition coefficient (Wildman–Crippen LogP) is 3.50. The maximum Gasteiger partial charge on any atom is 0.256 e. The van der Waals surface area contributed by atoms with Gasteiger partial charge in [0.2, 0.25) is 0 Å². The van der Waals surface area contributed by atoms with E-state index in [4.69, 9.17) is 0 Å². The van der Waals surface area contributed by atoms with Crippen LogP contribution < -0.4 is 10.6 Å². The number of nitrogens with one attached hydrogen (secondary N) is 2. The molecule has 33 heavy (non-hydrogen) atoms. The molecule has 4 aromatic rings. The Kier molecular flexibility index (Phi) is 6.54. The Labute approximate surface area is 191 Å². The number of aryl methyl sites for hydroxylation is 2. The van der Waals surface area contributed by atoms with Gasteiger partial charge in [-0.15, -0.1) is 0 Å². The highest BCUT2D eigenvalue weighted by atomic mass is 16.2. The van der Waals surface area contributed by atoms with Crippen LogP contribution in [0.15, 0.2) is 73.4 Å². The quantitative estimate of drug-likeness (QED) is 0.458. The van der Waals surface area contributed by atoms with E-state index >= 15 is 0 Å². The number of carbonyl (C=O) groups is 2. The van der Waals surface area contributed by atoms with Crippen molar-refractivity contribution < 1.29 is 9.59 Å². The Hall–Kier alpha value is -4.33. The van der Waals surface area contributed by atoms with Crippen LogP contribution in [-0.2, 0) is 6.42 Å². The van der Waals surface area contributed by atoms with E-state index in [2.05, 4.69) is 25.7 Å². The van der Waals surface area contributed by atoms with Crippen molar-refractivity contribution in [2.45, 2.75) is 20.3 Å². The van der Waals surface area contributed by atoms with E-state index in [-0.39, 0.29) is 11.8 Å². The second kappa shape index (κ2) is 9.86. The third kappa shape index (κ3) is 5.48. The molecule has 0 aliphatic rings. The minimum absolute atomic E-state index is 0.160. The van der Waals surface area contributed by atoms with E-state index in [1.165, 1.54) is 0 Å². The fraction of sp³-hybridized carbons (Fsp3) is 0.160. The summed E-state index contributed by atoms with van der Waals surface area (Å²) in [6.45, 7) is 4.38. The van der Waals surface area contributed by atoms with Gasteiger partial charge in [-0.2, -0.15) is 5.10 Å². The largest absolute Gasteiger partial charge is 0.352 e. The Morgan fingerprint density at radius 3 is 2.52 bits per heavy atom. The molecule has 0 spiro atoms. The van der Waals surface area contributed by atoms with Crippen molar-refractivity contribution >= 4 is 17.5 Å². The Morgan fingerprint density at radius 2 is 1.79 bits per heavy atom. The number of carbonyl (C=O) groups excluding carboxylic acids is 2. The molecule has 8 nitrogen and oxygen atoms in total. The lowest BCUT2D eigenvalue weighted by Gasteiger charge is -2.07. The third-order valence-corrected chi connectivity index (χ3v) is 5.14. The van der Waals surface area contributed by atoms with Crippen LogP contribution in [0.3, 0.4) is 0 Å². The molecule has 0 unspecified atom stereocenters. The minimum atomic E-state index is -0.180. The zero-order chi connectivity index (χ0) is 23.2. The standard InChI is InChI=1S/C25H24N6O2/c1-17-3-8-23(18(2)13-17)25(33)30-21-15-29-31(16-21)22-6-4-19(5-7-22)24(32)28-10-9-20-14-26-11-12-27-20/h3-8,11-16H,9-10H2,1-2H3,(H,28,32)(H,30,33). The van der Waals surface area contributed by atoms with Gasteiger partial charge in [-0.1, -0.05) is 17.7 Å². The number of hydrogen-bond acceptors (Lipinski definition) is 5. The zero-order valence-electron chi connectivity index (χ0n) is 18.4. The van der Waals surface area contributed by atoms with Crippen LogP contribution >= 0.6 is 0 Å². The lowest BCUT2D eigenvalue weighted by Crippen LogP contribution is -2.25. The molecule has 0 aliphatic heterocycles. The van der Waals surface area contributed by atoms with E-state index in [0.717, 1.165) is 22.5 Å². The average Bonchev–Trinajstić information content (AvgIpc) is 3.28. The number of aromatic nitrogens is 4. The van der Waals surface area contributed by atoms with Gasteiger partial charge in [0.15, 0.2) is 0 Å². The maximum atomic E-state index is 12.6. The summed E-state index contributed by atoms with van der Waals surface area (Å²) in [5, 5.41) is 10.1. The van der Waals surface area contributed by atoms with Gasteiger partial charge in [-0.3, -0.25) is 19.6 Å². The average molecular weight is 441 g/mol. The second-order valence-corrected chi connectivity index (χ2v) is 7.70. The predicted molar refractivity (Wildman–Crippen MR) is 126 cm³/mol. The summed E-state index contributed by atoms with van der Waals surface area (Å²) in [4.78, 5) is 33.2. The lowest BCUT2D eigenvalue weighted by molar-refractivity contribution is 0.0953. The Bertz CT molecular complexity index is 1270. The van der Waals surface area contributed by atoms with Crippen LogP contribution in [0.4, 0.5) is 5.69 Å². The summed E-state index contributed by atoms with van der Waals surface area (Å²) in [6.07, 6.45) is 8.87. The van der Waals surface area contributed by atoms with Crippen LogP contribution in [0.25, 0.3) is 5.69 Å². The highest BCUT2D eigenvalue weighted by Gasteiger charge is 2.11. The summed E-state index contributed by atoms with van der Waals surface area (Å²) >= 11 is 0. The molecule has 2 heterocycles. The molecule has 0 radical (unpaired) electrons. The third-order valence-electron chi connectivity index (χ3n) is 5.14. The molecule has 166 valence electrons. The van der Waals surface area contributed by atoms with Crippen molar-refractivity contribution in [3.05, 3.63) is 101 Å². The van der Waals surface area contributed by atoms with Crippen molar-refractivity contribution in [2.75, 3.05) is 11.9 Å². The van der Waals surface area contributed by atoms with Gasteiger partial charge in [-0.05, 0) is 49.7 Å². The molecule has 0 saturated carbocycles. The first-order valence-corrected chi connectivity index (χ1v) is 10.6. The van der Waals surface area contributed by atoms with Crippen LogP contribution in [0.2, 0.25) is 0 Å². The van der Waals surface area contributed by atoms with Crippen molar-refractivity contribution in [3.63, 3.8) is 0 Å². The van der Waals surface area contributed by atoms with E-state index in [1.54, 1.807) is 59.9 Å². The number of hydrogen-bond donors (Lipinski definition) is 2. The number of benzene rings is 2. The van der Waals surface area contributed by atoms with Gasteiger partial charge in [0.25, 0.3) is 11.8 Å². The molecule has 2 aromatic carbocycles. The molecule has 2 N–H and O–H groups in total. The van der Waals surface area contributed by atoms with Gasteiger partial charge >= 0.3 is 0 Å². The first kappa shape index (κ1) is 21.9. The summed E-state index contributed by atoms with van der Waals surface area (Å²) in [6, 6.07) is 12.8. The van der Waals surface area contributed by atoms with Crippen molar-refractivity contribution in [3.8, 4) is 5.69 Å². The van der Waals surface area contributed by atoms with Gasteiger partial charge in [0.05, 0.1) is 29.5 Å². The fourth-order valence-electron chi connectivity index (χ4n) is 3.43. The van der Waals surface area contributed by atoms with Gasteiger partial charge in [-0.25, -0.2) is 4.68 Å². The minimum Gasteiger partial charge on any atom is -0.352 e. The van der Waals surface area contributed by atoms with Gasteiger partial charge < -0.3 is 10.6 Å². The maximum absolute atomic E-state index is 12.6. The first-order chi connectivity index (χ1) is 16.0. The normalized spacial score (nSPS) is 10.6. The van der Waals surface area contributed by atoms with E-state index in [1.807, 2.05) is 32.0 Å². The molecule has 0 saturated heterocycles. The molecule has 0 atom stereocenters. The number of anilines is 1. The van der Waals surface area contributed by atoms with Crippen molar-refractivity contribution in [1.29, 1.82) is 0 Å². The van der Waals surface area contributed by atoms with Crippen LogP contribution in [-0.4, -0.2) is 38.1 Å². The Balaban J connectivity index is 1.35. The van der Waals surface area contributed by atoms with Crippen LogP contribution in [0.1, 0.15) is 37.5 Å². The zero-order valence-corrected chi connectivity index (χ0v) is 18.4. The lowest BCUT2D eigenvalue weighted by atomic mass is 10.1.